The summed E-state index contributed by atoms with van der Waals surface area (Å²) in [6, 6.07) is 8.50. The maximum absolute atomic E-state index is 12.2. The third kappa shape index (κ3) is 5.13. The number of carboxylic acid groups (broad SMARTS) is 1. The SMILES string of the molecule is C1COCCO1.CCCC(C(=O)O)c1c(C)nc2sc3c(c2c1-c1ccc(C)cc1)CCC3. The molecule has 5 rings (SSSR count). The van der Waals surface area contributed by atoms with E-state index in [0.29, 0.717) is 6.42 Å². The fourth-order valence-electron chi connectivity index (χ4n) is 4.82. The molecule has 0 amide bonds. The summed E-state index contributed by atoms with van der Waals surface area (Å²) < 4.78 is 9.89. The molecular formula is C27H33NO4S. The van der Waals surface area contributed by atoms with Crippen LogP contribution >= 0.6 is 11.3 Å². The first-order chi connectivity index (χ1) is 16.0. The zero-order valence-corrected chi connectivity index (χ0v) is 20.6. The van der Waals surface area contributed by atoms with Crippen molar-refractivity contribution in [2.75, 3.05) is 26.4 Å². The van der Waals surface area contributed by atoms with E-state index < -0.39 is 11.9 Å². The first-order valence-corrected chi connectivity index (χ1v) is 12.7. The number of pyridine rings is 1. The van der Waals surface area contributed by atoms with Gasteiger partial charge in [-0.2, -0.15) is 0 Å². The number of hydrogen-bond acceptors (Lipinski definition) is 5. The number of hydrogen-bond donors (Lipinski definition) is 1. The molecular weight excluding hydrogens is 434 g/mol. The Labute approximate surface area is 199 Å². The van der Waals surface area contributed by atoms with E-state index in [0.717, 1.165) is 72.9 Å². The smallest absolute Gasteiger partial charge is 0.311 e. The molecule has 1 aromatic carbocycles. The minimum Gasteiger partial charge on any atom is -0.481 e. The van der Waals surface area contributed by atoms with Crippen molar-refractivity contribution in [3.63, 3.8) is 0 Å². The van der Waals surface area contributed by atoms with E-state index in [2.05, 4.69) is 31.2 Å². The van der Waals surface area contributed by atoms with Gasteiger partial charge in [-0.25, -0.2) is 4.98 Å². The molecule has 1 fully saturated rings. The van der Waals surface area contributed by atoms with E-state index in [1.165, 1.54) is 27.8 Å². The standard InChI is InChI=1S/C23H25NO2S.C4H8O2/c1-4-6-17(23(25)26)19-14(3)24-22-21(16-7-5-8-18(16)27-22)20(19)15-11-9-13(2)10-12-15;1-2-6-4-3-5-1/h9-12,17H,4-8H2,1-3H3,(H,25,26);1-4H2. The van der Waals surface area contributed by atoms with Crippen molar-refractivity contribution < 1.29 is 19.4 Å². The van der Waals surface area contributed by atoms with Gasteiger partial charge in [-0.05, 0) is 61.8 Å². The Balaban J connectivity index is 0.000000376. The third-order valence-corrected chi connectivity index (χ3v) is 7.57. The second-order valence-electron chi connectivity index (χ2n) is 8.79. The lowest BCUT2D eigenvalue weighted by Gasteiger charge is -2.20. The van der Waals surface area contributed by atoms with Crippen molar-refractivity contribution in [1.82, 2.24) is 4.98 Å². The van der Waals surface area contributed by atoms with Gasteiger partial charge in [0, 0.05) is 16.0 Å². The average molecular weight is 468 g/mol. The van der Waals surface area contributed by atoms with Gasteiger partial charge >= 0.3 is 5.97 Å². The molecule has 33 heavy (non-hydrogen) atoms. The monoisotopic (exact) mass is 467 g/mol. The molecule has 5 nitrogen and oxygen atoms in total. The predicted molar refractivity (Wildman–Crippen MR) is 133 cm³/mol. The van der Waals surface area contributed by atoms with Crippen LogP contribution in [0.15, 0.2) is 24.3 Å². The van der Waals surface area contributed by atoms with Gasteiger partial charge in [0.05, 0.1) is 32.3 Å². The van der Waals surface area contributed by atoms with Crippen molar-refractivity contribution in [2.45, 2.75) is 58.8 Å². The third-order valence-electron chi connectivity index (χ3n) is 6.39. The van der Waals surface area contributed by atoms with Crippen LogP contribution in [0.1, 0.15) is 59.4 Å². The van der Waals surface area contributed by atoms with E-state index in [1.54, 1.807) is 11.3 Å². The minimum absolute atomic E-state index is 0.514. The van der Waals surface area contributed by atoms with Gasteiger partial charge in [0.15, 0.2) is 0 Å². The Morgan fingerprint density at radius 2 is 1.76 bits per heavy atom. The number of aromatic nitrogens is 1. The van der Waals surface area contributed by atoms with Crippen LogP contribution in [0, 0.1) is 13.8 Å². The Morgan fingerprint density at radius 3 is 2.33 bits per heavy atom. The normalized spacial score (nSPS) is 16.2. The Kier molecular flexibility index (Phi) is 7.78. The number of fused-ring (bicyclic) bond motifs is 3. The van der Waals surface area contributed by atoms with E-state index in [-0.39, 0.29) is 0 Å². The Hall–Kier alpha value is -2.28. The van der Waals surface area contributed by atoms with Crippen LogP contribution in [0.2, 0.25) is 0 Å². The number of ether oxygens (including phenoxy) is 2. The maximum atomic E-state index is 12.2. The fraction of sp³-hybridized carbons (Fsp3) is 0.481. The zero-order valence-electron chi connectivity index (χ0n) is 19.8. The van der Waals surface area contributed by atoms with Crippen LogP contribution in [-0.2, 0) is 27.1 Å². The second kappa shape index (κ2) is 10.8. The molecule has 176 valence electrons. The van der Waals surface area contributed by atoms with Crippen molar-refractivity contribution in [1.29, 1.82) is 0 Å². The quantitative estimate of drug-likeness (QED) is 0.493. The van der Waals surface area contributed by atoms with Crippen LogP contribution in [0.25, 0.3) is 21.3 Å². The Morgan fingerprint density at radius 1 is 1.09 bits per heavy atom. The van der Waals surface area contributed by atoms with Crippen LogP contribution in [0.5, 0.6) is 0 Å². The molecule has 2 aliphatic rings. The van der Waals surface area contributed by atoms with E-state index in [4.69, 9.17) is 14.5 Å². The minimum atomic E-state index is -0.749. The molecule has 1 saturated heterocycles. The molecule has 1 aliphatic heterocycles. The summed E-state index contributed by atoms with van der Waals surface area (Å²) in [4.78, 5) is 19.5. The van der Waals surface area contributed by atoms with Gasteiger partial charge in [-0.15, -0.1) is 11.3 Å². The molecule has 0 saturated carbocycles. The number of thiophene rings is 1. The van der Waals surface area contributed by atoms with Crippen molar-refractivity contribution in [2.24, 2.45) is 0 Å². The number of aliphatic carboxylic acids is 1. The van der Waals surface area contributed by atoms with Gasteiger partial charge in [0.2, 0.25) is 0 Å². The predicted octanol–water partition coefficient (Wildman–Crippen LogP) is 6.07. The van der Waals surface area contributed by atoms with Crippen LogP contribution in [0.4, 0.5) is 0 Å². The lowest BCUT2D eigenvalue weighted by atomic mass is 9.84. The molecule has 6 heteroatoms. The fourth-order valence-corrected chi connectivity index (χ4v) is 6.14. The molecule has 0 bridgehead atoms. The average Bonchev–Trinajstić information content (AvgIpc) is 3.40. The van der Waals surface area contributed by atoms with Crippen molar-refractivity contribution in [3.8, 4) is 11.1 Å². The zero-order chi connectivity index (χ0) is 23.4. The largest absolute Gasteiger partial charge is 0.481 e. The van der Waals surface area contributed by atoms with Crippen LogP contribution in [-0.4, -0.2) is 42.5 Å². The maximum Gasteiger partial charge on any atom is 0.311 e. The highest BCUT2D eigenvalue weighted by Crippen LogP contribution is 2.46. The van der Waals surface area contributed by atoms with E-state index >= 15 is 0 Å². The highest BCUT2D eigenvalue weighted by atomic mass is 32.1. The highest BCUT2D eigenvalue weighted by molar-refractivity contribution is 7.19. The van der Waals surface area contributed by atoms with E-state index in [1.807, 2.05) is 13.8 Å². The number of nitrogens with zero attached hydrogens (tertiary/aromatic N) is 1. The lowest BCUT2D eigenvalue weighted by Crippen LogP contribution is -2.16. The molecule has 3 aromatic rings. The summed E-state index contributed by atoms with van der Waals surface area (Å²) in [6.07, 6.45) is 4.85. The van der Waals surface area contributed by atoms with Crippen LogP contribution in [0.3, 0.4) is 0 Å². The molecule has 2 aromatic heterocycles. The number of benzene rings is 1. The number of carboxylic acids is 1. The summed E-state index contributed by atoms with van der Waals surface area (Å²) in [5.74, 6) is -1.26. The number of carbonyl (C=O) groups is 1. The van der Waals surface area contributed by atoms with Gasteiger partial charge in [0.25, 0.3) is 0 Å². The number of rotatable bonds is 5. The molecule has 0 spiro atoms. The first-order valence-electron chi connectivity index (χ1n) is 11.9. The first kappa shape index (κ1) is 23.9. The van der Waals surface area contributed by atoms with Crippen molar-refractivity contribution >= 4 is 27.5 Å². The summed E-state index contributed by atoms with van der Waals surface area (Å²) in [6.45, 7) is 9.21. The van der Waals surface area contributed by atoms with E-state index in [9.17, 15) is 9.90 Å². The van der Waals surface area contributed by atoms with Gasteiger partial charge in [-0.1, -0.05) is 43.2 Å². The Bertz CT molecular complexity index is 1100. The summed E-state index contributed by atoms with van der Waals surface area (Å²) in [7, 11) is 0. The molecule has 0 radical (unpaired) electrons. The molecule has 1 unspecified atom stereocenters. The van der Waals surface area contributed by atoms with Crippen molar-refractivity contribution in [3.05, 3.63) is 51.5 Å². The molecule has 1 N–H and O–H groups in total. The summed E-state index contributed by atoms with van der Waals surface area (Å²) in [5, 5.41) is 11.2. The molecule has 3 heterocycles. The molecule has 1 aliphatic carbocycles. The van der Waals surface area contributed by atoms with Gasteiger partial charge in [-0.3, -0.25) is 4.79 Å². The summed E-state index contributed by atoms with van der Waals surface area (Å²) >= 11 is 1.80. The summed E-state index contributed by atoms with van der Waals surface area (Å²) in [5.41, 5.74) is 6.60. The number of aryl methyl sites for hydroxylation is 4. The van der Waals surface area contributed by atoms with Crippen LogP contribution < -0.4 is 0 Å². The topological polar surface area (TPSA) is 68.7 Å². The van der Waals surface area contributed by atoms with Gasteiger partial charge in [0.1, 0.15) is 4.83 Å². The van der Waals surface area contributed by atoms with Gasteiger partial charge < -0.3 is 14.6 Å². The highest BCUT2D eigenvalue weighted by Gasteiger charge is 2.30. The molecule has 1 atom stereocenters. The second-order valence-corrected chi connectivity index (χ2v) is 9.88. The lowest BCUT2D eigenvalue weighted by molar-refractivity contribution is -0.139.